The van der Waals surface area contributed by atoms with Crippen LogP contribution in [-0.4, -0.2) is 76.7 Å². The molecule has 43 heavy (non-hydrogen) atoms. The van der Waals surface area contributed by atoms with Gasteiger partial charge in [-0.15, -0.1) is 0 Å². The maximum atomic E-state index is 13.9. The van der Waals surface area contributed by atoms with E-state index in [9.17, 15) is 29.1 Å². The van der Waals surface area contributed by atoms with Gasteiger partial charge in [0.25, 0.3) is 0 Å². The van der Waals surface area contributed by atoms with Crippen LogP contribution in [0.4, 0.5) is 0 Å². The van der Waals surface area contributed by atoms with E-state index in [0.717, 1.165) is 30.5 Å². The zero-order valence-electron chi connectivity index (χ0n) is 24.7. The van der Waals surface area contributed by atoms with E-state index in [1.807, 2.05) is 60.7 Å². The van der Waals surface area contributed by atoms with Gasteiger partial charge < -0.3 is 26.0 Å². The van der Waals surface area contributed by atoms with Gasteiger partial charge in [0.1, 0.15) is 17.9 Å². The van der Waals surface area contributed by atoms with Crippen molar-refractivity contribution in [3.05, 3.63) is 71.8 Å². The van der Waals surface area contributed by atoms with Crippen molar-refractivity contribution in [3.63, 3.8) is 0 Å². The lowest BCUT2D eigenvalue weighted by molar-refractivity contribution is -0.149. The van der Waals surface area contributed by atoms with Crippen LogP contribution in [0.5, 0.6) is 0 Å². The lowest BCUT2D eigenvalue weighted by Crippen LogP contribution is -2.54. The fourth-order valence-corrected chi connectivity index (χ4v) is 6.02. The van der Waals surface area contributed by atoms with E-state index in [-0.39, 0.29) is 55.9 Å². The van der Waals surface area contributed by atoms with Crippen molar-refractivity contribution in [3.8, 4) is 0 Å². The molecular weight excluding hydrogens is 548 g/mol. The molecule has 2 aromatic rings. The topological polar surface area (TPSA) is 145 Å². The summed E-state index contributed by atoms with van der Waals surface area (Å²) in [6.45, 7) is 2.67. The highest BCUT2D eigenvalue weighted by Gasteiger charge is 2.42. The van der Waals surface area contributed by atoms with Crippen LogP contribution in [0, 0.1) is 5.92 Å². The minimum atomic E-state index is -1.13. The van der Waals surface area contributed by atoms with Crippen LogP contribution >= 0.6 is 0 Å². The minimum absolute atomic E-state index is 0.0249. The molecule has 2 aromatic carbocycles. The van der Waals surface area contributed by atoms with E-state index in [2.05, 4.69) is 16.0 Å². The zero-order chi connectivity index (χ0) is 30.8. The third-order valence-electron chi connectivity index (χ3n) is 8.26. The molecule has 4 N–H and O–H groups in total. The second-order valence-corrected chi connectivity index (χ2v) is 11.6. The Labute approximate surface area is 252 Å². The van der Waals surface area contributed by atoms with Crippen molar-refractivity contribution in [1.29, 1.82) is 0 Å². The molecular formula is C33H42N4O6. The smallest absolute Gasteiger partial charge is 0.326 e. The molecule has 2 aliphatic heterocycles. The van der Waals surface area contributed by atoms with Gasteiger partial charge in [0.05, 0.1) is 6.04 Å². The largest absolute Gasteiger partial charge is 0.480 e. The van der Waals surface area contributed by atoms with Crippen molar-refractivity contribution in [2.45, 2.75) is 82.5 Å². The summed E-state index contributed by atoms with van der Waals surface area (Å²) in [6, 6.07) is 15.9. The molecule has 2 heterocycles. The predicted octanol–water partition coefficient (Wildman–Crippen LogP) is 2.25. The molecule has 0 saturated carbocycles. The number of carbonyl (C=O) groups is 5. The molecule has 2 fully saturated rings. The summed E-state index contributed by atoms with van der Waals surface area (Å²) in [5, 5.41) is 19.0. The first kappa shape index (κ1) is 31.9. The van der Waals surface area contributed by atoms with E-state index in [0.29, 0.717) is 12.8 Å². The number of Topliss-reactive ketones (excluding diaryl/α,β-unsaturated/α-hetero) is 1. The Morgan fingerprint density at radius 1 is 0.953 bits per heavy atom. The second kappa shape index (κ2) is 15.4. The summed E-state index contributed by atoms with van der Waals surface area (Å²) in [5.74, 6) is -2.42. The number of carboxylic acids is 1. The number of nitrogens with zero attached hydrogens (tertiary/aromatic N) is 1. The fourth-order valence-electron chi connectivity index (χ4n) is 6.02. The number of rotatable bonds is 14. The summed E-state index contributed by atoms with van der Waals surface area (Å²) in [5.41, 5.74) is 1.78. The lowest BCUT2D eigenvalue weighted by atomic mass is 9.98. The molecule has 0 aliphatic carbocycles. The van der Waals surface area contributed by atoms with E-state index < -0.39 is 35.9 Å². The van der Waals surface area contributed by atoms with E-state index in [1.54, 1.807) is 6.92 Å². The monoisotopic (exact) mass is 590 g/mol. The van der Waals surface area contributed by atoms with Crippen molar-refractivity contribution >= 4 is 29.5 Å². The summed E-state index contributed by atoms with van der Waals surface area (Å²) in [4.78, 5) is 65.9. The first-order chi connectivity index (χ1) is 20.7. The highest BCUT2D eigenvalue weighted by molar-refractivity contribution is 5.92. The molecule has 3 amide bonds. The molecule has 0 aromatic heterocycles. The lowest BCUT2D eigenvalue weighted by Gasteiger charge is -2.28. The number of hydrogen-bond donors (Lipinski definition) is 4. The minimum Gasteiger partial charge on any atom is -0.480 e. The average Bonchev–Trinajstić information content (AvgIpc) is 3.68. The molecule has 5 unspecified atom stereocenters. The van der Waals surface area contributed by atoms with Gasteiger partial charge in [-0.3, -0.25) is 19.2 Å². The molecule has 2 aliphatic rings. The first-order valence-electron chi connectivity index (χ1n) is 15.2. The summed E-state index contributed by atoms with van der Waals surface area (Å²) in [6.07, 6.45) is 2.96. The average molecular weight is 591 g/mol. The molecule has 2 saturated heterocycles. The summed E-state index contributed by atoms with van der Waals surface area (Å²) >= 11 is 0. The standard InChI is InChI=1S/C33H42N4O6/c1-2-26(38)17-24-19-29(33(42)43)37(21-24)32(41)28(18-23-12-7-4-8-13-23)36-30(39)20-25(16-22-10-5-3-6-11-22)35-31(40)27-14-9-15-34-27/h3-8,10-13,24-25,27-29,34H,2,9,14-21H2,1H3,(H,35,40)(H,36,39)(H,42,43). The van der Waals surface area contributed by atoms with Gasteiger partial charge in [-0.1, -0.05) is 67.6 Å². The Bertz CT molecular complexity index is 1260. The first-order valence-corrected chi connectivity index (χ1v) is 15.2. The van der Waals surface area contributed by atoms with Gasteiger partial charge in [0, 0.05) is 38.3 Å². The van der Waals surface area contributed by atoms with Crippen molar-refractivity contribution in [1.82, 2.24) is 20.9 Å². The van der Waals surface area contributed by atoms with Crippen LogP contribution in [0.15, 0.2) is 60.7 Å². The zero-order valence-corrected chi connectivity index (χ0v) is 24.7. The van der Waals surface area contributed by atoms with Gasteiger partial charge in [-0.2, -0.15) is 0 Å². The number of nitrogens with one attached hydrogen (secondary N) is 3. The number of ketones is 1. The van der Waals surface area contributed by atoms with E-state index in [4.69, 9.17) is 0 Å². The van der Waals surface area contributed by atoms with Gasteiger partial charge in [0.2, 0.25) is 17.7 Å². The summed E-state index contributed by atoms with van der Waals surface area (Å²) < 4.78 is 0. The van der Waals surface area contributed by atoms with E-state index >= 15 is 0 Å². The third-order valence-corrected chi connectivity index (χ3v) is 8.26. The Morgan fingerprint density at radius 2 is 1.60 bits per heavy atom. The highest BCUT2D eigenvalue weighted by atomic mass is 16.4. The molecule has 0 spiro atoms. The van der Waals surface area contributed by atoms with Crippen LogP contribution in [0.25, 0.3) is 0 Å². The Balaban J connectivity index is 1.51. The maximum Gasteiger partial charge on any atom is 0.326 e. The number of benzene rings is 2. The van der Waals surface area contributed by atoms with Crippen molar-refractivity contribution < 1.29 is 29.1 Å². The molecule has 0 bridgehead atoms. The Hall–Kier alpha value is -4.05. The number of carboxylic acid groups (broad SMARTS) is 1. The van der Waals surface area contributed by atoms with Crippen LogP contribution in [0.2, 0.25) is 0 Å². The SMILES string of the molecule is CCC(=O)CC1CC(C(=O)O)N(C(=O)C(Cc2ccccc2)NC(=O)CC(Cc2ccccc2)NC(=O)C2CCCN2)C1. The van der Waals surface area contributed by atoms with Crippen LogP contribution in [-0.2, 0) is 36.8 Å². The third kappa shape index (κ3) is 9.22. The van der Waals surface area contributed by atoms with Gasteiger partial charge in [-0.05, 0) is 49.3 Å². The normalized spacial score (nSPS) is 21.1. The van der Waals surface area contributed by atoms with Gasteiger partial charge in [0.15, 0.2) is 0 Å². The van der Waals surface area contributed by atoms with Gasteiger partial charge >= 0.3 is 5.97 Å². The van der Waals surface area contributed by atoms with Crippen LogP contribution < -0.4 is 16.0 Å². The van der Waals surface area contributed by atoms with Crippen LogP contribution in [0.1, 0.15) is 56.6 Å². The van der Waals surface area contributed by atoms with Crippen molar-refractivity contribution in [2.24, 2.45) is 5.92 Å². The number of likely N-dealkylation sites (tertiary alicyclic amines) is 1. The fraction of sp³-hybridized carbons (Fsp3) is 0.485. The Kier molecular flexibility index (Phi) is 11.4. The predicted molar refractivity (Wildman–Crippen MR) is 161 cm³/mol. The maximum absolute atomic E-state index is 13.9. The number of carbonyl (C=O) groups excluding carboxylic acids is 4. The quantitative estimate of drug-likeness (QED) is 0.264. The van der Waals surface area contributed by atoms with Crippen LogP contribution in [0.3, 0.4) is 0 Å². The molecule has 10 nitrogen and oxygen atoms in total. The number of amides is 3. The molecule has 5 atom stereocenters. The molecule has 4 rings (SSSR count). The molecule has 0 radical (unpaired) electrons. The second-order valence-electron chi connectivity index (χ2n) is 11.6. The molecule has 230 valence electrons. The highest BCUT2D eigenvalue weighted by Crippen LogP contribution is 2.28. The number of aliphatic carboxylic acids is 1. The van der Waals surface area contributed by atoms with Gasteiger partial charge in [-0.25, -0.2) is 4.79 Å². The Morgan fingerprint density at radius 3 is 2.19 bits per heavy atom. The summed E-state index contributed by atoms with van der Waals surface area (Å²) in [7, 11) is 0. The van der Waals surface area contributed by atoms with E-state index in [1.165, 1.54) is 4.90 Å². The molecule has 10 heteroatoms. The van der Waals surface area contributed by atoms with Crippen molar-refractivity contribution in [2.75, 3.05) is 13.1 Å². The number of hydrogen-bond acceptors (Lipinski definition) is 6.